The number of Topliss-reactive ketones (excluding diaryl/α,β-unsaturated/α-hetero) is 1. The van der Waals surface area contributed by atoms with Gasteiger partial charge in [-0.25, -0.2) is 0 Å². The smallest absolute Gasteiger partial charge is 0.143 e. The van der Waals surface area contributed by atoms with E-state index in [2.05, 4.69) is 5.32 Å². The average Bonchev–Trinajstić information content (AvgIpc) is 1.88. The lowest BCUT2D eigenvalue weighted by molar-refractivity contribution is -0.116. The summed E-state index contributed by atoms with van der Waals surface area (Å²) in [5.74, 6) is 0.238. The van der Waals surface area contributed by atoms with E-state index in [1.165, 1.54) is 19.3 Å². The number of carbonyl (C=O) groups is 1. The zero-order valence-corrected chi connectivity index (χ0v) is 7.81. The largest absolute Gasteiger partial charge is 0.307 e. The van der Waals surface area contributed by atoms with Gasteiger partial charge in [0, 0.05) is 7.47 Å². The number of nitrogens with one attached hydrogen (secondary N) is 1. The molecule has 0 unspecified atom stereocenters. The minimum atomic E-state index is 0. The normalized spacial score (nSPS) is 16.3. The van der Waals surface area contributed by atoms with Crippen molar-refractivity contribution in [1.29, 1.82) is 0 Å². The topological polar surface area (TPSA) is 29.1 Å². The third kappa shape index (κ3) is 4.96. The first-order chi connectivity index (χ1) is 5.29. The van der Waals surface area contributed by atoms with Crippen LogP contribution in [0, 0.1) is 0 Å². The van der Waals surface area contributed by atoms with E-state index in [9.17, 15) is 4.79 Å². The Bertz CT molecular complexity index is 113. The summed E-state index contributed by atoms with van der Waals surface area (Å²) >= 11 is 0. The molecule has 2 nitrogen and oxygen atoms in total. The van der Waals surface area contributed by atoms with Gasteiger partial charge in [-0.2, -0.15) is 0 Å². The van der Waals surface area contributed by atoms with Crippen molar-refractivity contribution in [2.75, 3.05) is 6.54 Å². The van der Waals surface area contributed by atoms with Crippen molar-refractivity contribution in [3.8, 4) is 0 Å². The molecule has 1 N–H and O–H groups in total. The van der Waals surface area contributed by atoms with Crippen LogP contribution in [0.4, 0.5) is 0 Å². The number of hydrogen-bond acceptors (Lipinski definition) is 2. The van der Waals surface area contributed by atoms with Gasteiger partial charge in [-0.15, -0.1) is 0 Å². The van der Waals surface area contributed by atoms with Gasteiger partial charge in [-0.1, -0.05) is 20.3 Å². The summed E-state index contributed by atoms with van der Waals surface area (Å²) in [7, 11) is 0. The average molecular weight is 159 g/mol. The quantitative estimate of drug-likeness (QED) is 0.682. The second-order valence-corrected chi connectivity index (χ2v) is 2.71. The van der Waals surface area contributed by atoms with Crippen LogP contribution in [0.3, 0.4) is 0 Å². The molecular weight excluding hydrogens is 138 g/mol. The molecule has 0 aromatic heterocycles. The SMILES string of the molecule is CC.CC(=O)CNC1CCC1.[HH]. The van der Waals surface area contributed by atoms with E-state index < -0.39 is 0 Å². The number of hydrogen-bond donors (Lipinski definition) is 1. The molecule has 1 aliphatic carbocycles. The Morgan fingerprint density at radius 2 is 2.09 bits per heavy atom. The first-order valence-electron chi connectivity index (χ1n) is 4.52. The second-order valence-electron chi connectivity index (χ2n) is 2.71. The minimum Gasteiger partial charge on any atom is -0.307 e. The standard InChI is InChI=1S/C7H13NO.C2H6.H2/c1-6(9)5-8-7-3-2-4-7;1-2;/h7-8H,2-5H2,1H3;1-2H3;1H. The minimum absolute atomic E-state index is 0. The monoisotopic (exact) mass is 159 g/mol. The third-order valence-electron chi connectivity index (χ3n) is 1.74. The van der Waals surface area contributed by atoms with Crippen molar-refractivity contribution >= 4 is 5.78 Å². The van der Waals surface area contributed by atoms with Gasteiger partial charge in [0.1, 0.15) is 5.78 Å². The summed E-state index contributed by atoms with van der Waals surface area (Å²) in [4.78, 5) is 10.4. The predicted molar refractivity (Wildman–Crippen MR) is 49.8 cm³/mol. The highest BCUT2D eigenvalue weighted by molar-refractivity contribution is 5.77. The van der Waals surface area contributed by atoms with Gasteiger partial charge in [-0.3, -0.25) is 4.79 Å². The molecule has 1 saturated carbocycles. The Hall–Kier alpha value is -0.370. The van der Waals surface area contributed by atoms with Crippen molar-refractivity contribution in [1.82, 2.24) is 5.32 Å². The van der Waals surface area contributed by atoms with E-state index in [1.54, 1.807) is 6.92 Å². The van der Waals surface area contributed by atoms with Crippen LogP contribution in [0.25, 0.3) is 0 Å². The molecule has 0 aliphatic heterocycles. The van der Waals surface area contributed by atoms with Crippen LogP contribution < -0.4 is 5.32 Å². The number of rotatable bonds is 3. The molecule has 0 saturated heterocycles. The molecule has 0 aromatic carbocycles. The summed E-state index contributed by atoms with van der Waals surface area (Å²) in [5, 5.41) is 3.17. The highest BCUT2D eigenvalue weighted by Gasteiger charge is 2.15. The van der Waals surface area contributed by atoms with Crippen LogP contribution in [-0.4, -0.2) is 18.4 Å². The number of carbonyl (C=O) groups excluding carboxylic acids is 1. The van der Waals surface area contributed by atoms with Crippen molar-refractivity contribution in [2.24, 2.45) is 0 Å². The van der Waals surface area contributed by atoms with Crippen LogP contribution >= 0.6 is 0 Å². The Kier molecular flexibility index (Phi) is 6.13. The molecule has 1 aliphatic rings. The molecule has 1 rings (SSSR count). The second kappa shape index (κ2) is 6.35. The van der Waals surface area contributed by atoms with E-state index in [0.717, 1.165) is 0 Å². The highest BCUT2D eigenvalue weighted by atomic mass is 16.1. The van der Waals surface area contributed by atoms with Crippen LogP contribution in [-0.2, 0) is 4.79 Å². The van der Waals surface area contributed by atoms with Gasteiger partial charge in [0.05, 0.1) is 6.54 Å². The van der Waals surface area contributed by atoms with Gasteiger partial charge in [0.2, 0.25) is 0 Å². The molecular formula is C9H21NO. The molecule has 0 spiro atoms. The van der Waals surface area contributed by atoms with E-state index in [1.807, 2.05) is 13.8 Å². The van der Waals surface area contributed by atoms with Crippen LogP contribution in [0.15, 0.2) is 0 Å². The van der Waals surface area contributed by atoms with Gasteiger partial charge in [0.15, 0.2) is 0 Å². The van der Waals surface area contributed by atoms with E-state index >= 15 is 0 Å². The summed E-state index contributed by atoms with van der Waals surface area (Å²) in [6.45, 7) is 6.18. The molecule has 2 heteroatoms. The fourth-order valence-corrected chi connectivity index (χ4v) is 0.900. The predicted octanol–water partition coefficient (Wildman–Crippen LogP) is 1.99. The molecule has 0 bridgehead atoms. The van der Waals surface area contributed by atoms with Crippen molar-refractivity contribution in [2.45, 2.75) is 46.1 Å². The fourth-order valence-electron chi connectivity index (χ4n) is 0.900. The Morgan fingerprint density at radius 1 is 1.55 bits per heavy atom. The van der Waals surface area contributed by atoms with Gasteiger partial charge in [0.25, 0.3) is 0 Å². The molecule has 0 aromatic rings. The highest BCUT2D eigenvalue weighted by Crippen LogP contribution is 2.17. The zero-order valence-electron chi connectivity index (χ0n) is 7.81. The zero-order chi connectivity index (χ0) is 8.69. The molecule has 11 heavy (non-hydrogen) atoms. The number of ketones is 1. The van der Waals surface area contributed by atoms with Gasteiger partial charge in [-0.05, 0) is 19.8 Å². The van der Waals surface area contributed by atoms with Crippen LogP contribution in [0.5, 0.6) is 0 Å². The maximum atomic E-state index is 10.4. The fraction of sp³-hybridized carbons (Fsp3) is 0.889. The lowest BCUT2D eigenvalue weighted by Crippen LogP contribution is -2.37. The Labute approximate surface area is 70.9 Å². The van der Waals surface area contributed by atoms with Gasteiger partial charge >= 0.3 is 0 Å². The van der Waals surface area contributed by atoms with Gasteiger partial charge < -0.3 is 5.32 Å². The third-order valence-corrected chi connectivity index (χ3v) is 1.74. The van der Waals surface area contributed by atoms with Crippen molar-refractivity contribution in [3.05, 3.63) is 0 Å². The molecule has 0 radical (unpaired) electrons. The lowest BCUT2D eigenvalue weighted by Gasteiger charge is -2.25. The first kappa shape index (κ1) is 10.6. The van der Waals surface area contributed by atoms with Crippen molar-refractivity contribution < 1.29 is 6.22 Å². The molecule has 0 amide bonds. The van der Waals surface area contributed by atoms with Crippen LogP contribution in [0.1, 0.15) is 41.5 Å². The summed E-state index contributed by atoms with van der Waals surface area (Å²) in [5.41, 5.74) is 0. The molecule has 0 heterocycles. The maximum Gasteiger partial charge on any atom is 0.143 e. The summed E-state index contributed by atoms with van der Waals surface area (Å²) in [6, 6.07) is 0.647. The molecule has 1 fully saturated rings. The van der Waals surface area contributed by atoms with E-state index in [-0.39, 0.29) is 7.21 Å². The molecule has 68 valence electrons. The maximum absolute atomic E-state index is 10.4. The summed E-state index contributed by atoms with van der Waals surface area (Å²) in [6.07, 6.45) is 3.84. The Balaban J connectivity index is 0. The lowest BCUT2D eigenvalue weighted by atomic mass is 9.93. The summed E-state index contributed by atoms with van der Waals surface area (Å²) < 4.78 is 0. The van der Waals surface area contributed by atoms with Crippen molar-refractivity contribution in [3.63, 3.8) is 0 Å². The van der Waals surface area contributed by atoms with E-state index in [0.29, 0.717) is 12.6 Å². The van der Waals surface area contributed by atoms with Crippen LogP contribution in [0.2, 0.25) is 0 Å². The Morgan fingerprint density at radius 3 is 2.36 bits per heavy atom. The first-order valence-corrected chi connectivity index (χ1v) is 4.52. The molecule has 0 atom stereocenters. The van der Waals surface area contributed by atoms with E-state index in [4.69, 9.17) is 0 Å².